The second kappa shape index (κ2) is 5.75. The molecule has 9 nitrogen and oxygen atoms in total. The number of carboxylic acids is 2. The van der Waals surface area contributed by atoms with Crippen LogP contribution in [-0.4, -0.2) is 49.3 Å². The van der Waals surface area contributed by atoms with E-state index in [1.54, 1.807) is 6.92 Å². The van der Waals surface area contributed by atoms with E-state index >= 15 is 0 Å². The molecule has 0 bridgehead atoms. The molecule has 1 aromatic heterocycles. The van der Waals surface area contributed by atoms with Gasteiger partial charge in [0.05, 0.1) is 6.42 Å². The van der Waals surface area contributed by atoms with Gasteiger partial charge in [-0.05, 0) is 0 Å². The van der Waals surface area contributed by atoms with Crippen molar-refractivity contribution in [2.45, 2.75) is 25.8 Å². The van der Waals surface area contributed by atoms with Crippen LogP contribution >= 0.6 is 0 Å². The molecule has 0 spiro atoms. The molecular formula is C9H12N4O5. The zero-order valence-corrected chi connectivity index (χ0v) is 9.51. The van der Waals surface area contributed by atoms with E-state index in [1.165, 1.54) is 0 Å². The Kier molecular flexibility index (Phi) is 4.35. The molecule has 98 valence electrons. The Balaban J connectivity index is 2.71. The topological polar surface area (TPSA) is 145 Å². The van der Waals surface area contributed by atoms with E-state index in [-0.39, 0.29) is 5.82 Å². The minimum atomic E-state index is -1.52. The van der Waals surface area contributed by atoms with Crippen LogP contribution < -0.4 is 5.32 Å². The lowest BCUT2D eigenvalue weighted by molar-refractivity contribution is -0.145. The normalized spacial score (nSPS) is 11.8. The van der Waals surface area contributed by atoms with Gasteiger partial charge in [-0.2, -0.15) is 0 Å². The van der Waals surface area contributed by atoms with Crippen molar-refractivity contribution in [3.05, 3.63) is 11.6 Å². The van der Waals surface area contributed by atoms with Crippen LogP contribution in [0.5, 0.6) is 0 Å². The van der Waals surface area contributed by atoms with Crippen molar-refractivity contribution in [3.63, 3.8) is 0 Å². The van der Waals surface area contributed by atoms with Gasteiger partial charge in [0.2, 0.25) is 5.82 Å². The van der Waals surface area contributed by atoms with E-state index in [2.05, 4.69) is 15.2 Å². The molecule has 9 heteroatoms. The summed E-state index contributed by atoms with van der Waals surface area (Å²) in [6.45, 7) is 1.80. The minimum absolute atomic E-state index is 0.219. The summed E-state index contributed by atoms with van der Waals surface area (Å²) in [6.07, 6.45) is -0.177. The average molecular weight is 256 g/mol. The number of carbonyl (C=O) groups excluding carboxylic acids is 1. The number of hydrogen-bond donors (Lipinski definition) is 4. The van der Waals surface area contributed by atoms with Crippen molar-refractivity contribution < 1.29 is 24.6 Å². The predicted octanol–water partition coefficient (Wildman–Crippen LogP) is -0.975. The number of nitrogens with zero attached hydrogens (tertiary/aromatic N) is 2. The molecule has 1 aromatic rings. The Labute approximate surface area is 101 Å². The molecule has 4 N–H and O–H groups in total. The first-order chi connectivity index (χ1) is 8.43. The quantitative estimate of drug-likeness (QED) is 0.512. The van der Waals surface area contributed by atoms with Gasteiger partial charge in [0.25, 0.3) is 5.91 Å². The van der Waals surface area contributed by atoms with Crippen molar-refractivity contribution in [3.8, 4) is 0 Å². The number of aliphatic carboxylic acids is 2. The SMILES string of the molecule is CCc1nc(C(=O)N[C@H](CC(=O)O)C(=O)O)n[nH]1. The van der Waals surface area contributed by atoms with Crippen molar-refractivity contribution in [2.24, 2.45) is 0 Å². The maximum atomic E-state index is 11.6. The first-order valence-electron chi connectivity index (χ1n) is 5.10. The number of carboxylic acid groups (broad SMARTS) is 2. The average Bonchev–Trinajstić information content (AvgIpc) is 2.75. The van der Waals surface area contributed by atoms with Crippen molar-refractivity contribution in [1.82, 2.24) is 20.5 Å². The Hall–Kier alpha value is -2.45. The lowest BCUT2D eigenvalue weighted by atomic mass is 10.2. The third-order valence-corrected chi connectivity index (χ3v) is 2.05. The van der Waals surface area contributed by atoms with Gasteiger partial charge in [0.15, 0.2) is 0 Å². The van der Waals surface area contributed by atoms with Gasteiger partial charge in [-0.1, -0.05) is 6.92 Å². The van der Waals surface area contributed by atoms with E-state index in [1.807, 2.05) is 5.32 Å². The highest BCUT2D eigenvalue weighted by atomic mass is 16.4. The lowest BCUT2D eigenvalue weighted by Gasteiger charge is -2.10. The first kappa shape index (κ1) is 13.6. The van der Waals surface area contributed by atoms with Crippen LogP contribution in [0.4, 0.5) is 0 Å². The van der Waals surface area contributed by atoms with Crippen LogP contribution in [0.15, 0.2) is 0 Å². The smallest absolute Gasteiger partial charge is 0.326 e. The molecule has 0 aromatic carbocycles. The Bertz CT molecular complexity index is 469. The number of H-pyrrole nitrogens is 1. The zero-order valence-electron chi connectivity index (χ0n) is 9.51. The standard InChI is InChI=1S/C9H12N4O5/c1-2-5-11-7(13-12-5)8(16)10-4(9(17)18)3-6(14)15/h4H,2-3H2,1H3,(H,10,16)(H,14,15)(H,17,18)(H,11,12,13)/t4-/m1/s1. The van der Waals surface area contributed by atoms with E-state index in [0.717, 1.165) is 0 Å². The maximum Gasteiger partial charge on any atom is 0.326 e. The molecule has 1 heterocycles. The second-order valence-electron chi connectivity index (χ2n) is 3.42. The van der Waals surface area contributed by atoms with E-state index in [9.17, 15) is 14.4 Å². The highest BCUT2D eigenvalue weighted by Crippen LogP contribution is 1.98. The van der Waals surface area contributed by atoms with E-state index in [0.29, 0.717) is 12.2 Å². The summed E-state index contributed by atoms with van der Waals surface area (Å²) in [5.74, 6) is -3.34. The summed E-state index contributed by atoms with van der Waals surface area (Å²) >= 11 is 0. The molecule has 1 amide bonds. The monoisotopic (exact) mass is 256 g/mol. The summed E-state index contributed by atoms with van der Waals surface area (Å²) in [6, 6.07) is -1.52. The molecule has 1 rings (SSSR count). The fourth-order valence-corrected chi connectivity index (χ4v) is 1.15. The fraction of sp³-hybridized carbons (Fsp3) is 0.444. The summed E-state index contributed by atoms with van der Waals surface area (Å²) < 4.78 is 0. The Morgan fingerprint density at radius 2 is 2.06 bits per heavy atom. The number of carbonyl (C=O) groups is 3. The third-order valence-electron chi connectivity index (χ3n) is 2.05. The maximum absolute atomic E-state index is 11.6. The van der Waals surface area contributed by atoms with Gasteiger partial charge < -0.3 is 15.5 Å². The summed E-state index contributed by atoms with van der Waals surface area (Å²) in [7, 11) is 0. The number of nitrogens with one attached hydrogen (secondary N) is 2. The highest BCUT2D eigenvalue weighted by molar-refractivity contribution is 5.94. The molecular weight excluding hydrogens is 244 g/mol. The molecule has 0 aliphatic carbocycles. The predicted molar refractivity (Wildman–Crippen MR) is 56.9 cm³/mol. The minimum Gasteiger partial charge on any atom is -0.481 e. The third kappa shape index (κ3) is 3.54. The van der Waals surface area contributed by atoms with E-state index in [4.69, 9.17) is 10.2 Å². The lowest BCUT2D eigenvalue weighted by Crippen LogP contribution is -2.42. The van der Waals surface area contributed by atoms with Crippen LogP contribution in [0, 0.1) is 0 Å². The molecule has 0 saturated heterocycles. The van der Waals surface area contributed by atoms with Crippen LogP contribution in [-0.2, 0) is 16.0 Å². The van der Waals surface area contributed by atoms with Crippen LogP contribution in [0.2, 0.25) is 0 Å². The molecule has 0 radical (unpaired) electrons. The van der Waals surface area contributed by atoms with Crippen LogP contribution in [0.1, 0.15) is 29.8 Å². The Morgan fingerprint density at radius 3 is 2.50 bits per heavy atom. The van der Waals surface area contributed by atoms with Gasteiger partial charge in [-0.3, -0.25) is 14.7 Å². The van der Waals surface area contributed by atoms with Crippen LogP contribution in [0.3, 0.4) is 0 Å². The van der Waals surface area contributed by atoms with Gasteiger partial charge in [-0.15, -0.1) is 5.10 Å². The van der Waals surface area contributed by atoms with Crippen molar-refractivity contribution in [1.29, 1.82) is 0 Å². The summed E-state index contributed by atoms with van der Waals surface area (Å²) in [5, 5.41) is 25.4. The molecule has 18 heavy (non-hydrogen) atoms. The van der Waals surface area contributed by atoms with Crippen LogP contribution in [0.25, 0.3) is 0 Å². The summed E-state index contributed by atoms with van der Waals surface area (Å²) in [5.41, 5.74) is 0. The Morgan fingerprint density at radius 1 is 1.39 bits per heavy atom. The fourth-order valence-electron chi connectivity index (χ4n) is 1.15. The molecule has 1 atom stereocenters. The largest absolute Gasteiger partial charge is 0.481 e. The van der Waals surface area contributed by atoms with Gasteiger partial charge >= 0.3 is 11.9 Å². The highest BCUT2D eigenvalue weighted by Gasteiger charge is 2.25. The summed E-state index contributed by atoms with van der Waals surface area (Å²) in [4.78, 5) is 36.5. The number of aromatic amines is 1. The van der Waals surface area contributed by atoms with Crippen molar-refractivity contribution >= 4 is 17.8 Å². The molecule has 0 saturated carbocycles. The number of aryl methyl sites for hydroxylation is 1. The second-order valence-corrected chi connectivity index (χ2v) is 3.42. The number of hydrogen-bond acceptors (Lipinski definition) is 5. The number of aromatic nitrogens is 3. The van der Waals surface area contributed by atoms with Gasteiger partial charge in [0.1, 0.15) is 11.9 Å². The van der Waals surface area contributed by atoms with Gasteiger partial charge in [-0.25, -0.2) is 9.78 Å². The van der Waals surface area contributed by atoms with E-state index < -0.39 is 30.3 Å². The molecule has 0 unspecified atom stereocenters. The van der Waals surface area contributed by atoms with Gasteiger partial charge in [0, 0.05) is 6.42 Å². The zero-order chi connectivity index (χ0) is 13.7. The van der Waals surface area contributed by atoms with Crippen molar-refractivity contribution in [2.75, 3.05) is 0 Å². The first-order valence-corrected chi connectivity index (χ1v) is 5.10. The number of rotatable bonds is 6. The molecule has 0 aliphatic heterocycles. The molecule has 0 fully saturated rings. The molecule has 0 aliphatic rings. The number of amides is 1.